The number of halogens is 1. The summed E-state index contributed by atoms with van der Waals surface area (Å²) in [5.41, 5.74) is 4.18. The number of hydrogen-bond acceptors (Lipinski definition) is 9. The number of ether oxygens (including phenoxy) is 1. The van der Waals surface area contributed by atoms with Gasteiger partial charge in [0.15, 0.2) is 28.5 Å². The van der Waals surface area contributed by atoms with Crippen molar-refractivity contribution >= 4 is 42.7 Å². The molecule has 1 spiro atoms. The summed E-state index contributed by atoms with van der Waals surface area (Å²) in [5, 5.41) is 1.46. The number of rotatable bonds is 14. The van der Waals surface area contributed by atoms with E-state index in [1.165, 1.54) is 15.3 Å². The first-order valence-electron chi connectivity index (χ1n) is 16.7. The van der Waals surface area contributed by atoms with Gasteiger partial charge in [-0.1, -0.05) is 83.2 Å². The molecule has 0 saturated carbocycles. The molecule has 0 radical (unpaired) electrons. The van der Waals surface area contributed by atoms with E-state index in [-0.39, 0.29) is 34.5 Å². The molecule has 1 saturated heterocycles. The molecule has 0 amide bonds. The minimum atomic E-state index is -4.21. The fourth-order valence-corrected chi connectivity index (χ4v) is 9.33. The van der Waals surface area contributed by atoms with Crippen LogP contribution in [0.1, 0.15) is 91.9 Å². The maximum absolute atomic E-state index is 14.2. The molecule has 3 heterocycles. The van der Waals surface area contributed by atoms with Gasteiger partial charge in [0.2, 0.25) is 0 Å². The van der Waals surface area contributed by atoms with Crippen molar-refractivity contribution in [2.45, 2.75) is 154 Å². The van der Waals surface area contributed by atoms with E-state index in [1.54, 1.807) is 6.92 Å². The highest BCUT2D eigenvalue weighted by Gasteiger charge is 2.67. The second-order valence-electron chi connectivity index (χ2n) is 16.1. The van der Waals surface area contributed by atoms with Gasteiger partial charge >= 0.3 is 5.69 Å². The van der Waals surface area contributed by atoms with Crippen molar-refractivity contribution in [3.63, 3.8) is 0 Å². The van der Waals surface area contributed by atoms with Gasteiger partial charge in [-0.05, 0) is 56.0 Å². The van der Waals surface area contributed by atoms with E-state index >= 15 is 0 Å². The van der Waals surface area contributed by atoms with Crippen LogP contribution in [-0.2, 0) is 34.4 Å². The normalized spacial score (nSPS) is 25.1. The van der Waals surface area contributed by atoms with Crippen molar-refractivity contribution in [1.82, 2.24) is 9.13 Å². The molecule has 0 aliphatic carbocycles. The quantitative estimate of drug-likeness (QED) is 0.100. The van der Waals surface area contributed by atoms with E-state index in [0.717, 1.165) is 42.8 Å². The molecule has 0 aromatic carbocycles. The molecule has 1 fully saturated rings. The van der Waals surface area contributed by atoms with Gasteiger partial charge in [0.25, 0.3) is 15.7 Å². The van der Waals surface area contributed by atoms with Crippen molar-refractivity contribution in [1.29, 1.82) is 0 Å². The molecular weight excluding hydrogens is 723 g/mol. The maximum Gasteiger partial charge on any atom is 0.333 e. The lowest BCUT2D eigenvalue weighted by Gasteiger charge is -2.43. The van der Waals surface area contributed by atoms with Gasteiger partial charge in [0.1, 0.15) is 12.2 Å². The van der Waals surface area contributed by atoms with Crippen LogP contribution in [0.25, 0.3) is 0 Å². The standard InChI is InChI=1S/C32H58BrN3O8SSi2/c1-23-20-36(29(38)35(27(23)37)19-17-15-13-12-14-16-18-33)28-26(43-47(10,11)31(5,6)7)32(24(34)22-45(39,40)44-32)25(42-28)21-41-46(8,9)30(2,3)4/h20,22,25-26,28H,12-19,21,34H2,1-11H3/t25?,26-,28+,32?/m0/s1. The molecule has 270 valence electrons. The van der Waals surface area contributed by atoms with Crippen LogP contribution in [-0.4, -0.2) is 63.9 Å². The van der Waals surface area contributed by atoms with Crippen LogP contribution in [0.15, 0.2) is 26.9 Å². The molecule has 3 rings (SSSR count). The van der Waals surface area contributed by atoms with Crippen molar-refractivity contribution in [2.75, 3.05) is 11.9 Å². The molecule has 1 aromatic heterocycles. The topological polar surface area (TPSA) is 141 Å². The predicted octanol–water partition coefficient (Wildman–Crippen LogP) is 6.26. The number of unbranched alkanes of at least 4 members (excludes halogenated alkanes) is 5. The molecule has 2 unspecified atom stereocenters. The minimum Gasteiger partial charge on any atom is -0.414 e. The molecule has 4 atom stereocenters. The third kappa shape index (κ3) is 8.63. The molecule has 2 aliphatic rings. The van der Waals surface area contributed by atoms with Gasteiger partial charge in [-0.15, -0.1) is 0 Å². The Hall–Kier alpha value is -1.08. The third-order valence-corrected chi connectivity index (χ3v) is 21.0. The number of aryl methyl sites for hydroxylation is 1. The Morgan fingerprint density at radius 2 is 1.51 bits per heavy atom. The van der Waals surface area contributed by atoms with Gasteiger partial charge < -0.3 is 19.3 Å². The summed E-state index contributed by atoms with van der Waals surface area (Å²) in [6.07, 6.45) is 4.09. The zero-order chi connectivity index (χ0) is 35.8. The first-order valence-corrected chi connectivity index (χ1v) is 25.1. The number of nitrogens with zero attached hydrogens (tertiary/aromatic N) is 2. The van der Waals surface area contributed by atoms with Gasteiger partial charge in [-0.2, -0.15) is 8.42 Å². The Bertz CT molecular complexity index is 1530. The van der Waals surface area contributed by atoms with E-state index in [2.05, 4.69) is 70.6 Å². The average molecular weight is 781 g/mol. The second kappa shape index (κ2) is 14.6. The van der Waals surface area contributed by atoms with Gasteiger partial charge in [0.05, 0.1) is 17.7 Å². The van der Waals surface area contributed by atoms with E-state index in [4.69, 9.17) is 23.5 Å². The monoisotopic (exact) mass is 779 g/mol. The maximum atomic E-state index is 14.2. The second-order valence-corrected chi connectivity index (χ2v) is 27.8. The number of nitrogens with two attached hydrogens (primary N) is 1. The Kier molecular flexibility index (Phi) is 12.6. The highest BCUT2D eigenvalue weighted by Crippen LogP contribution is 2.52. The Labute approximate surface area is 292 Å². The molecule has 2 N–H and O–H groups in total. The lowest BCUT2D eigenvalue weighted by molar-refractivity contribution is -0.0567. The first-order chi connectivity index (χ1) is 21.4. The average Bonchev–Trinajstić information content (AvgIpc) is 3.35. The summed E-state index contributed by atoms with van der Waals surface area (Å²) in [6.45, 7) is 22.7. The number of aromatic nitrogens is 2. The van der Waals surface area contributed by atoms with Crippen molar-refractivity contribution in [2.24, 2.45) is 5.73 Å². The molecule has 0 bridgehead atoms. The predicted molar refractivity (Wildman–Crippen MR) is 195 cm³/mol. The van der Waals surface area contributed by atoms with Crippen LogP contribution in [0, 0.1) is 6.92 Å². The van der Waals surface area contributed by atoms with Gasteiger partial charge in [-0.3, -0.25) is 13.9 Å². The fourth-order valence-electron chi connectivity index (χ4n) is 5.42. The zero-order valence-electron chi connectivity index (χ0n) is 30.3. The molecule has 47 heavy (non-hydrogen) atoms. The van der Waals surface area contributed by atoms with Crippen LogP contribution in [0.3, 0.4) is 0 Å². The van der Waals surface area contributed by atoms with Crippen molar-refractivity contribution in [3.05, 3.63) is 43.7 Å². The summed E-state index contributed by atoms with van der Waals surface area (Å²) in [4.78, 5) is 27.5. The molecule has 1 aromatic rings. The number of alkyl halides is 1. The van der Waals surface area contributed by atoms with E-state index < -0.39 is 56.5 Å². The molecule has 15 heteroatoms. The zero-order valence-corrected chi connectivity index (χ0v) is 34.7. The van der Waals surface area contributed by atoms with Crippen LogP contribution in [0.4, 0.5) is 0 Å². The fraction of sp³-hybridized carbons (Fsp3) is 0.812. The molecular formula is C32H58BrN3O8SSi2. The van der Waals surface area contributed by atoms with E-state index in [1.807, 2.05) is 13.1 Å². The van der Waals surface area contributed by atoms with Crippen LogP contribution >= 0.6 is 15.9 Å². The molecule has 11 nitrogen and oxygen atoms in total. The Balaban J connectivity index is 2.15. The summed E-state index contributed by atoms with van der Waals surface area (Å²) in [6, 6.07) is 0. The van der Waals surface area contributed by atoms with E-state index in [0.29, 0.717) is 12.0 Å². The highest BCUT2D eigenvalue weighted by molar-refractivity contribution is 9.09. The smallest absolute Gasteiger partial charge is 0.333 e. The largest absolute Gasteiger partial charge is 0.414 e. The van der Waals surface area contributed by atoms with Gasteiger partial charge in [0, 0.05) is 23.6 Å². The third-order valence-electron chi connectivity index (χ3n) is 10.5. The van der Waals surface area contributed by atoms with Gasteiger partial charge in [-0.25, -0.2) is 8.98 Å². The highest BCUT2D eigenvalue weighted by atomic mass is 79.9. The molecule has 2 aliphatic heterocycles. The SMILES string of the molecule is Cc1cn([C@@H]2OC(CO[Si](C)(C)C(C)(C)C)C3(OS(=O)(=O)C=C3N)[C@H]2O[Si](C)(C)C(C)(C)C)c(=O)n(CCCCCCCCBr)c1=O. The Morgan fingerprint density at radius 1 is 0.957 bits per heavy atom. The van der Waals surface area contributed by atoms with Crippen LogP contribution < -0.4 is 17.0 Å². The van der Waals surface area contributed by atoms with Crippen molar-refractivity contribution < 1.29 is 26.2 Å². The Morgan fingerprint density at radius 3 is 2.02 bits per heavy atom. The number of hydrogen-bond donors (Lipinski definition) is 1. The van der Waals surface area contributed by atoms with Crippen LogP contribution in [0.5, 0.6) is 0 Å². The van der Waals surface area contributed by atoms with Crippen LogP contribution in [0.2, 0.25) is 36.3 Å². The first kappa shape index (κ1) is 40.4. The van der Waals surface area contributed by atoms with Crippen molar-refractivity contribution in [3.8, 4) is 0 Å². The summed E-state index contributed by atoms with van der Waals surface area (Å²) < 4.78 is 54.9. The van der Waals surface area contributed by atoms with E-state index in [9.17, 15) is 18.0 Å². The summed E-state index contributed by atoms with van der Waals surface area (Å²) in [5.74, 6) is 0. The lowest BCUT2D eigenvalue weighted by atomic mass is 9.89. The lowest BCUT2D eigenvalue weighted by Crippen LogP contribution is -2.59. The minimum absolute atomic E-state index is 0.0309. The summed E-state index contributed by atoms with van der Waals surface area (Å²) >= 11 is 3.46. The summed E-state index contributed by atoms with van der Waals surface area (Å²) in [7, 11) is -9.25.